The van der Waals surface area contributed by atoms with E-state index in [0.717, 1.165) is 30.0 Å². The van der Waals surface area contributed by atoms with Crippen LogP contribution in [-0.4, -0.2) is 61.1 Å². The number of likely N-dealkylation sites (tertiary alicyclic amines) is 1. The summed E-state index contributed by atoms with van der Waals surface area (Å²) in [5, 5.41) is 6.00. The molecule has 0 aromatic heterocycles. The van der Waals surface area contributed by atoms with Crippen molar-refractivity contribution < 1.29 is 4.79 Å². The third-order valence-electron chi connectivity index (χ3n) is 6.91. The van der Waals surface area contributed by atoms with Gasteiger partial charge in [-0.05, 0) is 75.2 Å². The molecular weight excluding hydrogens is 336 g/mol. The van der Waals surface area contributed by atoms with E-state index in [4.69, 9.17) is 0 Å². The second-order valence-corrected chi connectivity index (χ2v) is 8.88. The van der Waals surface area contributed by atoms with E-state index < -0.39 is 0 Å². The van der Waals surface area contributed by atoms with Crippen molar-refractivity contribution in [2.24, 2.45) is 17.8 Å². The van der Waals surface area contributed by atoms with Gasteiger partial charge in [0, 0.05) is 31.4 Å². The van der Waals surface area contributed by atoms with Gasteiger partial charge >= 0.3 is 6.03 Å². The molecule has 27 heavy (non-hydrogen) atoms. The second kappa shape index (κ2) is 8.61. The molecule has 1 aromatic carbocycles. The molecule has 5 rings (SSSR count). The minimum Gasteiger partial charge on any atom is -0.336 e. The number of amides is 2. The molecule has 0 spiro atoms. The number of carbonyl (C=O) groups excluding carboxylic acids is 1. The summed E-state index contributed by atoms with van der Waals surface area (Å²) < 4.78 is 0. The molecule has 1 aromatic rings. The van der Waals surface area contributed by atoms with Crippen LogP contribution in [-0.2, 0) is 0 Å². The lowest BCUT2D eigenvalue weighted by Crippen LogP contribution is -2.58. The van der Waals surface area contributed by atoms with E-state index in [1.807, 2.05) is 30.3 Å². The summed E-state index contributed by atoms with van der Waals surface area (Å²) in [5.74, 6) is 2.56. The lowest BCUT2D eigenvalue weighted by molar-refractivity contribution is -0.0142. The zero-order chi connectivity index (χ0) is 18.6. The highest BCUT2D eigenvalue weighted by Crippen LogP contribution is 2.37. The Kier molecular flexibility index (Phi) is 5.98. The molecule has 4 aliphatic rings. The van der Waals surface area contributed by atoms with Gasteiger partial charge in [0.25, 0.3) is 0 Å². The average molecular weight is 371 g/mol. The van der Waals surface area contributed by atoms with Crippen LogP contribution in [0.25, 0.3) is 0 Å². The topological polar surface area (TPSA) is 47.6 Å². The monoisotopic (exact) mass is 370 g/mol. The summed E-state index contributed by atoms with van der Waals surface area (Å²) in [6.45, 7) is 9.40. The van der Waals surface area contributed by atoms with E-state index in [0.29, 0.717) is 6.04 Å². The fraction of sp³-hybridized carbons (Fsp3) is 0.682. The van der Waals surface area contributed by atoms with Crippen LogP contribution in [0.2, 0.25) is 0 Å². The van der Waals surface area contributed by atoms with E-state index >= 15 is 0 Å². The number of hydrogen-bond donors (Lipinski definition) is 2. The van der Waals surface area contributed by atoms with Crippen molar-refractivity contribution in [3.63, 3.8) is 0 Å². The van der Waals surface area contributed by atoms with Crippen LogP contribution < -0.4 is 10.6 Å². The van der Waals surface area contributed by atoms with E-state index in [9.17, 15) is 4.79 Å². The van der Waals surface area contributed by atoms with Crippen LogP contribution in [0.4, 0.5) is 10.5 Å². The van der Waals surface area contributed by atoms with Gasteiger partial charge in [-0.25, -0.2) is 4.79 Å². The fourth-order valence-electron chi connectivity index (χ4n) is 5.15. The first-order valence-electron chi connectivity index (χ1n) is 10.7. The van der Waals surface area contributed by atoms with Crippen molar-refractivity contribution in [3.8, 4) is 0 Å². The van der Waals surface area contributed by atoms with Gasteiger partial charge in [0.1, 0.15) is 0 Å². The highest BCUT2D eigenvalue weighted by atomic mass is 16.2. The van der Waals surface area contributed by atoms with Gasteiger partial charge < -0.3 is 15.5 Å². The number of benzene rings is 1. The molecular formula is C22H34N4O. The first kappa shape index (κ1) is 18.8. The van der Waals surface area contributed by atoms with Crippen molar-refractivity contribution in [1.82, 2.24) is 15.1 Å². The predicted octanol–water partition coefficient (Wildman–Crippen LogP) is 3.25. The van der Waals surface area contributed by atoms with Crippen LogP contribution in [0.1, 0.15) is 32.6 Å². The average Bonchev–Trinajstić information content (AvgIpc) is 2.70. The lowest BCUT2D eigenvalue weighted by Gasteiger charge is -2.51. The minimum atomic E-state index is -0.0946. The third-order valence-corrected chi connectivity index (χ3v) is 6.91. The summed E-state index contributed by atoms with van der Waals surface area (Å²) in [4.78, 5) is 17.5. The SMILES string of the molecule is CC1CCN(C[C@@H]2CN3CC[C@H]2C[C@@H]3CNC(=O)Nc2ccccc2)CC1. The van der Waals surface area contributed by atoms with Gasteiger partial charge in [-0.15, -0.1) is 0 Å². The fourth-order valence-corrected chi connectivity index (χ4v) is 5.15. The largest absolute Gasteiger partial charge is 0.336 e. The Morgan fingerprint density at radius 1 is 1.11 bits per heavy atom. The highest BCUT2D eigenvalue weighted by molar-refractivity contribution is 5.89. The van der Waals surface area contributed by atoms with Crippen LogP contribution in [0, 0.1) is 17.8 Å². The molecule has 0 aliphatic carbocycles. The molecule has 2 N–H and O–H groups in total. The van der Waals surface area contributed by atoms with E-state index in [2.05, 4.69) is 27.4 Å². The molecule has 5 nitrogen and oxygen atoms in total. The molecule has 4 fully saturated rings. The van der Waals surface area contributed by atoms with Gasteiger partial charge in [-0.1, -0.05) is 25.1 Å². The number of nitrogens with zero attached hydrogens (tertiary/aromatic N) is 2. The molecule has 0 radical (unpaired) electrons. The zero-order valence-corrected chi connectivity index (χ0v) is 16.6. The summed E-state index contributed by atoms with van der Waals surface area (Å²) in [6.07, 6.45) is 5.30. The van der Waals surface area contributed by atoms with Crippen molar-refractivity contribution in [1.29, 1.82) is 0 Å². The Labute approximate surface area is 163 Å². The molecule has 4 heterocycles. The number of anilines is 1. The Bertz CT molecular complexity index is 614. The summed E-state index contributed by atoms with van der Waals surface area (Å²) in [5.41, 5.74) is 0.844. The number of nitrogens with one attached hydrogen (secondary N) is 2. The Morgan fingerprint density at radius 3 is 2.59 bits per heavy atom. The lowest BCUT2D eigenvalue weighted by atomic mass is 9.75. The molecule has 1 unspecified atom stereocenters. The molecule has 4 aliphatic heterocycles. The van der Waals surface area contributed by atoms with Crippen LogP contribution in [0.5, 0.6) is 0 Å². The Hall–Kier alpha value is -1.59. The summed E-state index contributed by atoms with van der Waals surface area (Å²) in [6, 6.07) is 10.1. The molecule has 2 bridgehead atoms. The molecule has 4 saturated heterocycles. The number of rotatable bonds is 5. The van der Waals surface area contributed by atoms with Crippen molar-refractivity contribution >= 4 is 11.7 Å². The minimum absolute atomic E-state index is 0.0946. The van der Waals surface area contributed by atoms with Crippen molar-refractivity contribution in [3.05, 3.63) is 30.3 Å². The molecule has 0 saturated carbocycles. The van der Waals surface area contributed by atoms with E-state index in [1.165, 1.54) is 58.4 Å². The maximum absolute atomic E-state index is 12.2. The second-order valence-electron chi connectivity index (χ2n) is 8.88. The maximum atomic E-state index is 12.2. The van der Waals surface area contributed by atoms with Crippen molar-refractivity contribution in [2.75, 3.05) is 44.6 Å². The number of fused-ring (bicyclic) bond motifs is 3. The third kappa shape index (κ3) is 4.82. The first-order valence-corrected chi connectivity index (χ1v) is 10.7. The smallest absolute Gasteiger partial charge is 0.319 e. The van der Waals surface area contributed by atoms with E-state index in [1.54, 1.807) is 0 Å². The van der Waals surface area contributed by atoms with Gasteiger partial charge in [0.05, 0.1) is 0 Å². The number of para-hydroxylation sites is 1. The van der Waals surface area contributed by atoms with Gasteiger partial charge in [0.2, 0.25) is 0 Å². The van der Waals surface area contributed by atoms with Gasteiger partial charge in [-0.2, -0.15) is 0 Å². The first-order chi connectivity index (χ1) is 13.2. The number of piperidine rings is 4. The maximum Gasteiger partial charge on any atom is 0.319 e. The Morgan fingerprint density at radius 2 is 1.89 bits per heavy atom. The zero-order valence-electron chi connectivity index (χ0n) is 16.6. The highest BCUT2D eigenvalue weighted by Gasteiger charge is 2.40. The standard InChI is InChI=1S/C22H34N4O/c1-17-7-10-25(11-8-17)15-19-16-26-12-9-18(19)13-21(26)14-23-22(27)24-20-5-3-2-4-6-20/h2-6,17-19,21H,7-16H2,1H3,(H2,23,24,27)/t18-,19+,21+/m0/s1. The normalized spacial score (nSPS) is 31.6. The molecule has 148 valence electrons. The number of carbonyl (C=O) groups is 1. The van der Waals surface area contributed by atoms with Crippen LogP contribution in [0.15, 0.2) is 30.3 Å². The number of urea groups is 1. The quantitative estimate of drug-likeness (QED) is 0.836. The van der Waals surface area contributed by atoms with Crippen molar-refractivity contribution in [2.45, 2.75) is 38.6 Å². The summed E-state index contributed by atoms with van der Waals surface area (Å²) >= 11 is 0. The summed E-state index contributed by atoms with van der Waals surface area (Å²) in [7, 11) is 0. The number of hydrogen-bond acceptors (Lipinski definition) is 3. The molecule has 4 atom stereocenters. The van der Waals surface area contributed by atoms with Crippen LogP contribution in [0.3, 0.4) is 0 Å². The molecule has 5 heteroatoms. The van der Waals surface area contributed by atoms with Crippen LogP contribution >= 0.6 is 0 Å². The van der Waals surface area contributed by atoms with Gasteiger partial charge in [0.15, 0.2) is 0 Å². The van der Waals surface area contributed by atoms with E-state index in [-0.39, 0.29) is 6.03 Å². The Balaban J connectivity index is 1.22. The molecule has 2 amide bonds. The van der Waals surface area contributed by atoms with Gasteiger partial charge in [-0.3, -0.25) is 4.90 Å². The predicted molar refractivity (Wildman–Crippen MR) is 110 cm³/mol.